The van der Waals surface area contributed by atoms with Crippen molar-refractivity contribution in [3.63, 3.8) is 0 Å². The van der Waals surface area contributed by atoms with Gasteiger partial charge in [0.2, 0.25) is 11.7 Å². The Morgan fingerprint density at radius 1 is 1.15 bits per heavy atom. The smallest absolute Gasteiger partial charge is 0.286 e. The molecule has 27 heavy (non-hydrogen) atoms. The fourth-order valence-electron chi connectivity index (χ4n) is 2.64. The van der Waals surface area contributed by atoms with E-state index < -0.39 is 5.91 Å². The number of amides is 2. The summed E-state index contributed by atoms with van der Waals surface area (Å²) in [5.41, 5.74) is 6.21. The van der Waals surface area contributed by atoms with Crippen LogP contribution in [0.15, 0.2) is 57.8 Å². The molecule has 1 heterocycles. The number of rotatable bonds is 8. The number of fused-ring (bicyclic) bond motifs is 1. The first-order valence-corrected chi connectivity index (χ1v) is 9.45. The molecule has 0 radical (unpaired) electrons. The summed E-state index contributed by atoms with van der Waals surface area (Å²) < 4.78 is 10.6. The van der Waals surface area contributed by atoms with Crippen LogP contribution in [0.5, 0.6) is 5.75 Å². The molecule has 0 fully saturated rings. The fourth-order valence-corrected chi connectivity index (χ4v) is 3.49. The molecule has 1 aromatic heterocycles. The molecule has 140 valence electrons. The molecule has 3 rings (SSSR count). The van der Waals surface area contributed by atoms with Crippen LogP contribution in [-0.4, -0.2) is 24.7 Å². The number of ether oxygens (including phenoxy) is 1. The van der Waals surface area contributed by atoms with Gasteiger partial charge >= 0.3 is 0 Å². The van der Waals surface area contributed by atoms with Crippen molar-refractivity contribution in [2.75, 3.05) is 18.2 Å². The predicted octanol–water partition coefficient (Wildman–Crippen LogP) is 4.05. The van der Waals surface area contributed by atoms with Gasteiger partial charge in [-0.25, -0.2) is 0 Å². The molecule has 2 aromatic carbocycles. The van der Waals surface area contributed by atoms with Crippen molar-refractivity contribution in [3.05, 3.63) is 54.3 Å². The van der Waals surface area contributed by atoms with Crippen LogP contribution in [0.3, 0.4) is 0 Å². The van der Waals surface area contributed by atoms with Gasteiger partial charge in [-0.15, -0.1) is 11.8 Å². The van der Waals surface area contributed by atoms with Crippen molar-refractivity contribution < 1.29 is 18.7 Å². The predicted molar refractivity (Wildman–Crippen MR) is 106 cm³/mol. The third-order valence-electron chi connectivity index (χ3n) is 3.96. The average molecular weight is 384 g/mol. The summed E-state index contributed by atoms with van der Waals surface area (Å²) in [7, 11) is 1.63. The molecule has 0 aliphatic carbocycles. The first kappa shape index (κ1) is 18.8. The molecule has 2 amide bonds. The third-order valence-corrected chi connectivity index (χ3v) is 5.06. The van der Waals surface area contributed by atoms with E-state index in [0.717, 1.165) is 16.4 Å². The molecule has 0 aliphatic heterocycles. The Labute approximate surface area is 161 Å². The Balaban J connectivity index is 1.55. The second-order valence-corrected chi connectivity index (χ2v) is 7.01. The van der Waals surface area contributed by atoms with Gasteiger partial charge in [-0.05, 0) is 48.6 Å². The molecule has 0 unspecified atom stereocenters. The maximum Gasteiger partial charge on any atom is 0.286 e. The van der Waals surface area contributed by atoms with Crippen molar-refractivity contribution in [2.24, 2.45) is 5.73 Å². The molecular weight excluding hydrogens is 364 g/mol. The van der Waals surface area contributed by atoms with Crippen LogP contribution >= 0.6 is 11.8 Å². The van der Waals surface area contributed by atoms with Crippen LogP contribution < -0.4 is 15.8 Å². The summed E-state index contributed by atoms with van der Waals surface area (Å²) in [5.74, 6) is 0.693. The molecule has 0 atom stereocenters. The number of furan rings is 1. The summed E-state index contributed by atoms with van der Waals surface area (Å²) in [5, 5.41) is 3.43. The van der Waals surface area contributed by atoms with Gasteiger partial charge < -0.3 is 20.2 Å². The lowest BCUT2D eigenvalue weighted by Crippen LogP contribution is -2.16. The van der Waals surface area contributed by atoms with Crippen LogP contribution in [0, 0.1) is 0 Å². The number of nitrogens with one attached hydrogen (secondary N) is 1. The monoisotopic (exact) mass is 384 g/mol. The maximum absolute atomic E-state index is 12.3. The zero-order valence-electron chi connectivity index (χ0n) is 14.9. The van der Waals surface area contributed by atoms with Crippen molar-refractivity contribution >= 4 is 40.2 Å². The molecule has 0 bridgehead atoms. The van der Waals surface area contributed by atoms with E-state index in [0.29, 0.717) is 29.5 Å². The fraction of sp³-hybridized carbons (Fsp3) is 0.200. The number of hydrogen-bond acceptors (Lipinski definition) is 5. The summed E-state index contributed by atoms with van der Waals surface area (Å²) in [6, 6.07) is 14.9. The quantitative estimate of drug-likeness (QED) is 0.451. The van der Waals surface area contributed by atoms with Crippen molar-refractivity contribution in [3.8, 4) is 5.75 Å². The van der Waals surface area contributed by atoms with Gasteiger partial charge in [0.1, 0.15) is 17.0 Å². The zero-order chi connectivity index (χ0) is 19.2. The van der Waals surface area contributed by atoms with Crippen LogP contribution in [0.4, 0.5) is 5.69 Å². The van der Waals surface area contributed by atoms with E-state index in [9.17, 15) is 9.59 Å². The van der Waals surface area contributed by atoms with E-state index in [1.165, 1.54) is 0 Å². The van der Waals surface area contributed by atoms with E-state index in [1.807, 2.05) is 30.3 Å². The topological polar surface area (TPSA) is 94.6 Å². The highest BCUT2D eigenvalue weighted by Crippen LogP contribution is 2.30. The van der Waals surface area contributed by atoms with Gasteiger partial charge in [-0.3, -0.25) is 9.59 Å². The maximum atomic E-state index is 12.3. The lowest BCUT2D eigenvalue weighted by molar-refractivity contribution is -0.116. The van der Waals surface area contributed by atoms with E-state index in [-0.39, 0.29) is 11.7 Å². The molecule has 3 N–H and O–H groups in total. The second kappa shape index (κ2) is 8.64. The van der Waals surface area contributed by atoms with E-state index in [2.05, 4.69) is 5.32 Å². The van der Waals surface area contributed by atoms with Gasteiger partial charge in [0.25, 0.3) is 5.91 Å². The zero-order valence-corrected chi connectivity index (χ0v) is 15.7. The number of hydrogen-bond donors (Lipinski definition) is 2. The van der Waals surface area contributed by atoms with Crippen molar-refractivity contribution in [1.82, 2.24) is 0 Å². The van der Waals surface area contributed by atoms with Gasteiger partial charge in [-0.2, -0.15) is 0 Å². The first-order valence-electron chi connectivity index (χ1n) is 8.46. The van der Waals surface area contributed by atoms with Crippen LogP contribution in [-0.2, 0) is 4.79 Å². The first-order chi connectivity index (χ1) is 13.1. The van der Waals surface area contributed by atoms with Gasteiger partial charge in [0.15, 0.2) is 0 Å². The van der Waals surface area contributed by atoms with Gasteiger partial charge in [-0.1, -0.05) is 12.1 Å². The standard InChI is InChI=1S/C20H20N2O4S/c1-25-13-8-10-14(11-9-13)27-12-4-7-17(23)22-18-15-5-2-3-6-16(15)26-19(18)20(21)24/h2-3,5-6,8-11H,4,7,12H2,1H3,(H2,21,24)(H,22,23). The number of para-hydroxylation sites is 1. The minimum absolute atomic E-state index is 0.0304. The largest absolute Gasteiger partial charge is 0.497 e. The number of benzene rings is 2. The Morgan fingerprint density at radius 2 is 1.89 bits per heavy atom. The number of thioether (sulfide) groups is 1. The highest BCUT2D eigenvalue weighted by Gasteiger charge is 2.19. The van der Waals surface area contributed by atoms with Gasteiger partial charge in [0, 0.05) is 16.7 Å². The highest BCUT2D eigenvalue weighted by atomic mass is 32.2. The number of carbonyl (C=O) groups excluding carboxylic acids is 2. The summed E-state index contributed by atoms with van der Waals surface area (Å²) in [6.07, 6.45) is 1.03. The molecule has 0 saturated carbocycles. The molecule has 0 aliphatic rings. The lowest BCUT2D eigenvalue weighted by atomic mass is 10.2. The van der Waals surface area contributed by atoms with Crippen LogP contribution in [0.2, 0.25) is 0 Å². The average Bonchev–Trinajstić information content (AvgIpc) is 3.04. The van der Waals surface area contributed by atoms with E-state index in [1.54, 1.807) is 37.1 Å². The minimum Gasteiger partial charge on any atom is -0.497 e. The molecule has 7 heteroatoms. The number of carbonyl (C=O) groups is 2. The molecule has 0 spiro atoms. The van der Waals surface area contributed by atoms with Crippen LogP contribution in [0.1, 0.15) is 23.4 Å². The van der Waals surface area contributed by atoms with E-state index >= 15 is 0 Å². The summed E-state index contributed by atoms with van der Waals surface area (Å²) in [6.45, 7) is 0. The van der Waals surface area contributed by atoms with E-state index in [4.69, 9.17) is 14.9 Å². The van der Waals surface area contributed by atoms with Crippen molar-refractivity contribution in [1.29, 1.82) is 0 Å². The van der Waals surface area contributed by atoms with Crippen molar-refractivity contribution in [2.45, 2.75) is 17.7 Å². The number of primary amides is 1. The third kappa shape index (κ3) is 4.62. The number of methoxy groups -OCH3 is 1. The van der Waals surface area contributed by atoms with Gasteiger partial charge in [0.05, 0.1) is 7.11 Å². The van der Waals surface area contributed by atoms with Crippen LogP contribution in [0.25, 0.3) is 11.0 Å². The number of nitrogens with two attached hydrogens (primary N) is 1. The number of anilines is 1. The summed E-state index contributed by atoms with van der Waals surface area (Å²) >= 11 is 1.67. The Kier molecular flexibility index (Phi) is 6.03. The molecule has 6 nitrogen and oxygen atoms in total. The normalized spacial score (nSPS) is 10.7. The Hall–Kier alpha value is -2.93. The second-order valence-electron chi connectivity index (χ2n) is 5.84. The Bertz CT molecular complexity index is 950. The molecule has 0 saturated heterocycles. The Morgan fingerprint density at radius 3 is 2.59 bits per heavy atom. The minimum atomic E-state index is -0.712. The molecular formula is C20H20N2O4S. The SMILES string of the molecule is COc1ccc(SCCCC(=O)Nc2c(C(N)=O)oc3ccccc23)cc1. The molecule has 3 aromatic rings. The highest BCUT2D eigenvalue weighted by molar-refractivity contribution is 7.99. The summed E-state index contributed by atoms with van der Waals surface area (Å²) in [4.78, 5) is 25.0. The lowest BCUT2D eigenvalue weighted by Gasteiger charge is -2.06.